The second-order valence-corrected chi connectivity index (χ2v) is 7.41. The Hall–Kier alpha value is -3.59. The minimum atomic E-state index is -0.538. The SMILES string of the molecule is CC(=O)c1nnc(Nc2ccc(N3CCOCC3)cc2)cc1NCc1cc(F)ccc1F. The number of morpholine rings is 1. The van der Waals surface area contributed by atoms with Crippen molar-refractivity contribution in [2.75, 3.05) is 41.8 Å². The molecular formula is C23H23F2N5O2. The number of carbonyl (C=O) groups is 1. The summed E-state index contributed by atoms with van der Waals surface area (Å²) in [6, 6.07) is 12.7. The van der Waals surface area contributed by atoms with Crippen LogP contribution in [0.2, 0.25) is 0 Å². The van der Waals surface area contributed by atoms with Gasteiger partial charge in [-0.05, 0) is 42.5 Å². The maximum absolute atomic E-state index is 13.9. The second kappa shape index (κ2) is 9.69. The highest BCUT2D eigenvalue weighted by atomic mass is 19.1. The third-order valence-electron chi connectivity index (χ3n) is 5.12. The van der Waals surface area contributed by atoms with E-state index in [1.54, 1.807) is 6.07 Å². The lowest BCUT2D eigenvalue weighted by Crippen LogP contribution is -2.36. The Balaban J connectivity index is 1.49. The fourth-order valence-electron chi connectivity index (χ4n) is 3.44. The van der Waals surface area contributed by atoms with Crippen LogP contribution in [0, 0.1) is 11.6 Å². The maximum atomic E-state index is 13.9. The molecule has 1 aliphatic rings. The Kier molecular flexibility index (Phi) is 6.55. The Morgan fingerprint density at radius 3 is 2.53 bits per heavy atom. The number of ether oxygens (including phenoxy) is 1. The second-order valence-electron chi connectivity index (χ2n) is 7.41. The quantitative estimate of drug-likeness (QED) is 0.536. The molecule has 0 spiro atoms. The molecule has 0 atom stereocenters. The topological polar surface area (TPSA) is 79.4 Å². The van der Waals surface area contributed by atoms with Crippen molar-refractivity contribution >= 4 is 28.7 Å². The highest BCUT2D eigenvalue weighted by Crippen LogP contribution is 2.24. The first-order chi connectivity index (χ1) is 15.5. The number of Topliss-reactive ketones (excluding diaryl/α,β-unsaturated/α-hetero) is 1. The molecule has 166 valence electrons. The van der Waals surface area contributed by atoms with E-state index in [4.69, 9.17) is 4.74 Å². The molecule has 32 heavy (non-hydrogen) atoms. The highest BCUT2D eigenvalue weighted by molar-refractivity contribution is 5.97. The standard InChI is InChI=1S/C23H23F2N5O2/c1-15(31)23-21(26-14-16-12-17(24)2-7-20(16)25)13-22(28-29-23)27-18-3-5-19(6-4-18)30-8-10-32-11-9-30/h2-7,12-13H,8-11,14H2,1H3,(H2,26,27,28). The van der Waals surface area contributed by atoms with Gasteiger partial charge in [-0.1, -0.05) is 0 Å². The van der Waals surface area contributed by atoms with E-state index in [1.165, 1.54) is 6.92 Å². The van der Waals surface area contributed by atoms with Crippen LogP contribution in [0.3, 0.4) is 0 Å². The summed E-state index contributed by atoms with van der Waals surface area (Å²) in [6.45, 7) is 4.50. The minimum Gasteiger partial charge on any atom is -0.379 e. The molecule has 9 heteroatoms. The fourth-order valence-corrected chi connectivity index (χ4v) is 3.44. The normalized spacial score (nSPS) is 13.7. The average Bonchev–Trinajstić information content (AvgIpc) is 2.80. The number of anilines is 4. The molecule has 2 aromatic carbocycles. The molecule has 0 bridgehead atoms. The number of hydrogen-bond donors (Lipinski definition) is 2. The Labute approximate surface area is 184 Å². The molecule has 7 nitrogen and oxygen atoms in total. The Bertz CT molecular complexity index is 1100. The van der Waals surface area contributed by atoms with Gasteiger partial charge in [0.2, 0.25) is 0 Å². The first-order valence-corrected chi connectivity index (χ1v) is 10.3. The largest absolute Gasteiger partial charge is 0.379 e. The van der Waals surface area contributed by atoms with Crippen molar-refractivity contribution in [3.63, 3.8) is 0 Å². The number of carbonyl (C=O) groups excluding carboxylic acids is 1. The van der Waals surface area contributed by atoms with E-state index < -0.39 is 11.6 Å². The molecule has 0 radical (unpaired) electrons. The van der Waals surface area contributed by atoms with Gasteiger partial charge < -0.3 is 20.3 Å². The van der Waals surface area contributed by atoms with Crippen LogP contribution in [0.5, 0.6) is 0 Å². The van der Waals surface area contributed by atoms with Gasteiger partial charge in [0.1, 0.15) is 11.6 Å². The molecule has 2 heterocycles. The van der Waals surface area contributed by atoms with Gasteiger partial charge in [0, 0.05) is 49.6 Å². The van der Waals surface area contributed by atoms with Gasteiger partial charge in [-0.3, -0.25) is 4.79 Å². The summed E-state index contributed by atoms with van der Waals surface area (Å²) in [4.78, 5) is 14.2. The van der Waals surface area contributed by atoms with Crippen LogP contribution in [0.15, 0.2) is 48.5 Å². The zero-order valence-electron chi connectivity index (χ0n) is 17.6. The van der Waals surface area contributed by atoms with E-state index in [0.717, 1.165) is 42.7 Å². The summed E-state index contributed by atoms with van der Waals surface area (Å²) >= 11 is 0. The molecule has 3 aromatic rings. The van der Waals surface area contributed by atoms with E-state index >= 15 is 0 Å². The van der Waals surface area contributed by atoms with Gasteiger partial charge in [-0.2, -0.15) is 0 Å². The molecule has 4 rings (SSSR count). The summed E-state index contributed by atoms with van der Waals surface area (Å²) in [6.07, 6.45) is 0. The molecule has 0 saturated carbocycles. The number of nitrogens with one attached hydrogen (secondary N) is 2. The van der Waals surface area contributed by atoms with Gasteiger partial charge in [0.15, 0.2) is 17.3 Å². The van der Waals surface area contributed by atoms with Crippen molar-refractivity contribution in [1.29, 1.82) is 0 Å². The van der Waals surface area contributed by atoms with Crippen LogP contribution in [0.1, 0.15) is 23.0 Å². The van der Waals surface area contributed by atoms with E-state index in [0.29, 0.717) is 24.7 Å². The monoisotopic (exact) mass is 439 g/mol. The minimum absolute atomic E-state index is 0.0107. The van der Waals surface area contributed by atoms with Gasteiger partial charge in [0.25, 0.3) is 0 Å². The zero-order chi connectivity index (χ0) is 22.5. The number of aromatic nitrogens is 2. The highest BCUT2D eigenvalue weighted by Gasteiger charge is 2.14. The van der Waals surface area contributed by atoms with Crippen molar-refractivity contribution in [2.45, 2.75) is 13.5 Å². The average molecular weight is 439 g/mol. The number of rotatable bonds is 7. The van der Waals surface area contributed by atoms with Crippen molar-refractivity contribution in [3.05, 3.63) is 71.4 Å². The predicted molar refractivity (Wildman–Crippen MR) is 118 cm³/mol. The van der Waals surface area contributed by atoms with Gasteiger partial charge in [-0.25, -0.2) is 8.78 Å². The smallest absolute Gasteiger partial charge is 0.182 e. The Morgan fingerprint density at radius 2 is 1.81 bits per heavy atom. The summed E-state index contributed by atoms with van der Waals surface area (Å²) in [7, 11) is 0. The van der Waals surface area contributed by atoms with Crippen LogP contribution >= 0.6 is 0 Å². The van der Waals surface area contributed by atoms with E-state index in [1.807, 2.05) is 24.3 Å². The molecule has 0 unspecified atom stereocenters. The Morgan fingerprint density at radius 1 is 1.06 bits per heavy atom. The predicted octanol–water partition coefficient (Wildman–Crippen LogP) is 4.15. The summed E-state index contributed by atoms with van der Waals surface area (Å²) < 4.78 is 32.8. The van der Waals surface area contributed by atoms with E-state index in [2.05, 4.69) is 25.7 Å². The van der Waals surface area contributed by atoms with Crippen LogP contribution in [0.4, 0.5) is 31.7 Å². The third kappa shape index (κ3) is 5.17. The molecule has 1 fully saturated rings. The molecule has 0 aliphatic carbocycles. The molecule has 2 N–H and O–H groups in total. The van der Waals surface area contributed by atoms with Crippen LogP contribution in [0.25, 0.3) is 0 Å². The first-order valence-electron chi connectivity index (χ1n) is 10.3. The number of ketones is 1. The molecular weight excluding hydrogens is 416 g/mol. The van der Waals surface area contributed by atoms with Crippen LogP contribution in [-0.4, -0.2) is 42.3 Å². The number of nitrogens with zero attached hydrogens (tertiary/aromatic N) is 3. The number of hydrogen-bond acceptors (Lipinski definition) is 7. The molecule has 0 amide bonds. The van der Waals surface area contributed by atoms with Crippen LogP contribution in [-0.2, 0) is 11.3 Å². The van der Waals surface area contributed by atoms with E-state index in [-0.39, 0.29) is 23.6 Å². The molecule has 1 aromatic heterocycles. The van der Waals surface area contributed by atoms with Crippen molar-refractivity contribution < 1.29 is 18.3 Å². The van der Waals surface area contributed by atoms with Crippen molar-refractivity contribution in [3.8, 4) is 0 Å². The van der Waals surface area contributed by atoms with Crippen LogP contribution < -0.4 is 15.5 Å². The number of halogens is 2. The van der Waals surface area contributed by atoms with Crippen molar-refractivity contribution in [1.82, 2.24) is 10.2 Å². The molecule has 1 aliphatic heterocycles. The van der Waals surface area contributed by atoms with Gasteiger partial charge >= 0.3 is 0 Å². The van der Waals surface area contributed by atoms with E-state index in [9.17, 15) is 13.6 Å². The lowest BCUT2D eigenvalue weighted by Gasteiger charge is -2.28. The zero-order valence-corrected chi connectivity index (χ0v) is 17.6. The third-order valence-corrected chi connectivity index (χ3v) is 5.12. The number of benzene rings is 2. The van der Waals surface area contributed by atoms with Gasteiger partial charge in [-0.15, -0.1) is 10.2 Å². The lowest BCUT2D eigenvalue weighted by atomic mass is 10.2. The fraction of sp³-hybridized carbons (Fsp3) is 0.261. The molecule has 1 saturated heterocycles. The lowest BCUT2D eigenvalue weighted by molar-refractivity contribution is 0.101. The summed E-state index contributed by atoms with van der Waals surface area (Å²) in [5.74, 6) is -0.952. The first kappa shape index (κ1) is 21.6. The summed E-state index contributed by atoms with van der Waals surface area (Å²) in [5, 5.41) is 14.2. The maximum Gasteiger partial charge on any atom is 0.182 e. The van der Waals surface area contributed by atoms with Crippen molar-refractivity contribution in [2.24, 2.45) is 0 Å². The van der Waals surface area contributed by atoms with Gasteiger partial charge in [0.05, 0.1) is 18.9 Å². The summed E-state index contributed by atoms with van der Waals surface area (Å²) in [5.41, 5.74) is 2.55.